The van der Waals surface area contributed by atoms with Crippen LogP contribution in [0, 0.1) is 0 Å². The van der Waals surface area contributed by atoms with Crippen molar-refractivity contribution in [2.45, 2.75) is 17.5 Å². The first-order valence-corrected chi connectivity index (χ1v) is 9.39. The van der Waals surface area contributed by atoms with Gasteiger partial charge in [-0.1, -0.05) is 60.7 Å². The molecule has 126 valence electrons. The van der Waals surface area contributed by atoms with E-state index in [4.69, 9.17) is 0 Å². The lowest BCUT2D eigenvalue weighted by Gasteiger charge is -2.20. The number of rotatable bonds is 6. The van der Waals surface area contributed by atoms with Crippen LogP contribution >= 0.6 is 11.8 Å². The zero-order valence-electron chi connectivity index (χ0n) is 14.1. The summed E-state index contributed by atoms with van der Waals surface area (Å²) in [5.41, 5.74) is 2.89. The summed E-state index contributed by atoms with van der Waals surface area (Å²) in [7, 11) is 0. The first kappa shape index (κ1) is 17.2. The molecule has 25 heavy (non-hydrogen) atoms. The molecular weight excluding hydrogens is 328 g/mol. The average molecular weight is 348 g/mol. The minimum atomic E-state index is -0.0952. The Morgan fingerprint density at radius 2 is 1.68 bits per heavy atom. The van der Waals surface area contributed by atoms with Gasteiger partial charge in [0.25, 0.3) is 5.91 Å². The van der Waals surface area contributed by atoms with Gasteiger partial charge in [-0.15, -0.1) is 11.8 Å². The van der Waals surface area contributed by atoms with Crippen molar-refractivity contribution in [2.24, 2.45) is 0 Å². The molecule has 3 rings (SSSR count). The molecular formula is C21H20N2OS. The molecule has 0 aliphatic heterocycles. The summed E-state index contributed by atoms with van der Waals surface area (Å²) >= 11 is 1.48. The van der Waals surface area contributed by atoms with E-state index in [0.717, 1.165) is 17.0 Å². The van der Waals surface area contributed by atoms with Crippen LogP contribution < -0.4 is 5.32 Å². The summed E-state index contributed by atoms with van der Waals surface area (Å²) in [5.74, 6) is -0.0952. The van der Waals surface area contributed by atoms with E-state index in [2.05, 4.69) is 22.4 Å². The Kier molecular flexibility index (Phi) is 5.86. The van der Waals surface area contributed by atoms with Crippen LogP contribution in [0.5, 0.6) is 0 Å². The molecule has 3 aromatic rings. The summed E-state index contributed by atoms with van der Waals surface area (Å²) in [4.78, 5) is 17.1. The topological polar surface area (TPSA) is 42.0 Å². The minimum Gasteiger partial charge on any atom is -0.345 e. The number of benzene rings is 2. The van der Waals surface area contributed by atoms with Gasteiger partial charge >= 0.3 is 0 Å². The second-order valence-corrected chi connectivity index (χ2v) is 6.48. The smallest absolute Gasteiger partial charge is 0.254 e. The molecule has 3 nitrogen and oxygen atoms in total. The van der Waals surface area contributed by atoms with E-state index in [1.165, 1.54) is 17.3 Å². The lowest BCUT2D eigenvalue weighted by molar-refractivity contribution is 0.0933. The van der Waals surface area contributed by atoms with E-state index in [9.17, 15) is 4.79 Å². The Morgan fingerprint density at radius 1 is 1.00 bits per heavy atom. The van der Waals surface area contributed by atoms with Gasteiger partial charge < -0.3 is 5.32 Å². The fourth-order valence-electron chi connectivity index (χ4n) is 2.75. The number of amides is 1. The summed E-state index contributed by atoms with van der Waals surface area (Å²) in [5, 5.41) is 3.92. The van der Waals surface area contributed by atoms with Crippen LogP contribution in [-0.2, 0) is 6.42 Å². The van der Waals surface area contributed by atoms with Crippen LogP contribution in [0.1, 0.15) is 27.5 Å². The highest BCUT2D eigenvalue weighted by atomic mass is 32.2. The van der Waals surface area contributed by atoms with Crippen molar-refractivity contribution in [1.82, 2.24) is 10.3 Å². The number of thioether (sulfide) groups is 1. The largest absolute Gasteiger partial charge is 0.345 e. The van der Waals surface area contributed by atoms with Crippen molar-refractivity contribution in [2.75, 3.05) is 6.26 Å². The Morgan fingerprint density at radius 3 is 2.36 bits per heavy atom. The summed E-state index contributed by atoms with van der Waals surface area (Å²) in [6.07, 6.45) is 4.38. The second-order valence-electron chi connectivity index (χ2n) is 5.69. The fourth-order valence-corrected chi connectivity index (χ4v) is 3.30. The van der Waals surface area contributed by atoms with Gasteiger partial charge in [0, 0.05) is 6.20 Å². The van der Waals surface area contributed by atoms with Gasteiger partial charge in [-0.3, -0.25) is 4.79 Å². The first-order valence-electron chi connectivity index (χ1n) is 8.16. The third-order valence-corrected chi connectivity index (χ3v) is 4.71. The molecule has 1 aromatic heterocycles. The maximum absolute atomic E-state index is 12.8. The van der Waals surface area contributed by atoms with Crippen molar-refractivity contribution < 1.29 is 4.79 Å². The van der Waals surface area contributed by atoms with Gasteiger partial charge in [-0.05, 0) is 35.9 Å². The zero-order chi connectivity index (χ0) is 17.5. The number of pyridine rings is 1. The summed E-state index contributed by atoms with van der Waals surface area (Å²) < 4.78 is 0. The van der Waals surface area contributed by atoms with Crippen LogP contribution in [0.3, 0.4) is 0 Å². The standard InChI is InChI=1S/C21H20N2OS/c1-25-21-18(13-8-14-22-21)20(24)23-19(17-11-6-3-7-12-17)15-16-9-4-2-5-10-16/h2-14,19H,15H2,1H3,(H,23,24)/t19-/m0/s1. The molecule has 2 aromatic carbocycles. The predicted molar refractivity (Wildman–Crippen MR) is 103 cm³/mol. The highest BCUT2D eigenvalue weighted by molar-refractivity contribution is 7.98. The molecule has 0 aliphatic carbocycles. The molecule has 0 bridgehead atoms. The van der Waals surface area contributed by atoms with Crippen molar-refractivity contribution in [3.8, 4) is 0 Å². The van der Waals surface area contributed by atoms with Crippen molar-refractivity contribution in [3.05, 3.63) is 95.7 Å². The Balaban J connectivity index is 1.86. The first-order chi connectivity index (χ1) is 12.3. The number of carbonyl (C=O) groups excluding carboxylic acids is 1. The number of hydrogen-bond donors (Lipinski definition) is 1. The van der Waals surface area contributed by atoms with Crippen molar-refractivity contribution in [3.63, 3.8) is 0 Å². The van der Waals surface area contributed by atoms with E-state index in [1.807, 2.05) is 60.9 Å². The summed E-state index contributed by atoms with van der Waals surface area (Å²) in [6, 6.07) is 23.8. The number of nitrogens with one attached hydrogen (secondary N) is 1. The van der Waals surface area contributed by atoms with Gasteiger partial charge in [-0.2, -0.15) is 0 Å². The van der Waals surface area contributed by atoms with Gasteiger partial charge in [0.2, 0.25) is 0 Å². The number of aromatic nitrogens is 1. The normalized spacial score (nSPS) is 11.7. The zero-order valence-corrected chi connectivity index (χ0v) is 14.9. The van der Waals surface area contributed by atoms with Gasteiger partial charge in [0.1, 0.15) is 5.03 Å². The number of carbonyl (C=O) groups is 1. The number of hydrogen-bond acceptors (Lipinski definition) is 3. The van der Waals surface area contributed by atoms with Gasteiger partial charge in [0.05, 0.1) is 11.6 Å². The maximum atomic E-state index is 12.8. The Bertz CT molecular complexity index is 822. The molecule has 0 radical (unpaired) electrons. The molecule has 0 spiro atoms. The molecule has 0 saturated heterocycles. The molecule has 0 saturated carbocycles. The van der Waals surface area contributed by atoms with Crippen LogP contribution in [-0.4, -0.2) is 17.1 Å². The number of nitrogens with zero attached hydrogens (tertiary/aromatic N) is 1. The molecule has 1 amide bonds. The van der Waals surface area contributed by atoms with Crippen LogP contribution in [0.25, 0.3) is 0 Å². The maximum Gasteiger partial charge on any atom is 0.254 e. The molecule has 0 fully saturated rings. The molecule has 1 N–H and O–H groups in total. The lowest BCUT2D eigenvalue weighted by Crippen LogP contribution is -2.30. The third kappa shape index (κ3) is 4.48. The van der Waals surface area contributed by atoms with Crippen molar-refractivity contribution in [1.29, 1.82) is 0 Å². The van der Waals surface area contributed by atoms with Gasteiger partial charge in [-0.25, -0.2) is 4.98 Å². The molecule has 0 unspecified atom stereocenters. The van der Waals surface area contributed by atoms with E-state index < -0.39 is 0 Å². The van der Waals surface area contributed by atoms with E-state index in [1.54, 1.807) is 12.3 Å². The van der Waals surface area contributed by atoms with Crippen molar-refractivity contribution >= 4 is 17.7 Å². The van der Waals surface area contributed by atoms with E-state index >= 15 is 0 Å². The highest BCUT2D eigenvalue weighted by Gasteiger charge is 2.18. The molecule has 1 atom stereocenters. The molecule has 1 heterocycles. The predicted octanol–water partition coefficient (Wildman–Crippen LogP) is 4.52. The van der Waals surface area contributed by atoms with Crippen LogP contribution in [0.4, 0.5) is 0 Å². The highest BCUT2D eigenvalue weighted by Crippen LogP contribution is 2.21. The lowest BCUT2D eigenvalue weighted by atomic mass is 9.98. The molecule has 4 heteroatoms. The van der Waals surface area contributed by atoms with E-state index in [0.29, 0.717) is 5.56 Å². The van der Waals surface area contributed by atoms with Crippen LogP contribution in [0.15, 0.2) is 84.0 Å². The SMILES string of the molecule is CSc1ncccc1C(=O)N[C@@H](Cc1ccccc1)c1ccccc1. The monoisotopic (exact) mass is 348 g/mol. The third-order valence-electron chi connectivity index (χ3n) is 4.00. The van der Waals surface area contributed by atoms with E-state index in [-0.39, 0.29) is 11.9 Å². The average Bonchev–Trinajstić information content (AvgIpc) is 2.69. The second kappa shape index (κ2) is 8.49. The minimum absolute atomic E-state index is 0.0917. The van der Waals surface area contributed by atoms with Crippen LogP contribution in [0.2, 0.25) is 0 Å². The van der Waals surface area contributed by atoms with Gasteiger partial charge in [0.15, 0.2) is 0 Å². The fraction of sp³-hybridized carbons (Fsp3) is 0.143. The summed E-state index contributed by atoms with van der Waals surface area (Å²) in [6.45, 7) is 0. The molecule has 0 aliphatic rings. The Hall–Kier alpha value is -2.59. The quantitative estimate of drug-likeness (QED) is 0.666. The Labute approximate surface area is 152 Å².